The number of hydrogen-bond donors (Lipinski definition) is 1. The quantitative estimate of drug-likeness (QED) is 0.455. The normalized spacial score (nSPS) is 15.0. The van der Waals surface area contributed by atoms with Gasteiger partial charge in [0.2, 0.25) is 0 Å². The smallest absolute Gasteiger partial charge is 0.170 e. The third-order valence-corrected chi connectivity index (χ3v) is 6.91. The average molecular weight is 442 g/mol. The van der Waals surface area contributed by atoms with Crippen LogP contribution in [0.4, 0.5) is 5.69 Å². The van der Waals surface area contributed by atoms with Crippen LogP contribution in [-0.2, 0) is 15.9 Å². The highest BCUT2D eigenvalue weighted by Crippen LogP contribution is 2.34. The number of aromatic amines is 1. The first-order valence-corrected chi connectivity index (χ1v) is 12.1. The number of hydrogen-bond acceptors (Lipinski definition) is 4. The molecule has 1 unspecified atom stereocenters. The molecule has 2 heterocycles. The maximum Gasteiger partial charge on any atom is 0.170 e. The first-order chi connectivity index (χ1) is 15.6. The number of nitrogens with one attached hydrogen (secondary N) is 1. The summed E-state index contributed by atoms with van der Waals surface area (Å²) in [7, 11) is 0. The highest BCUT2D eigenvalue weighted by Gasteiger charge is 2.16. The summed E-state index contributed by atoms with van der Waals surface area (Å²) in [4.78, 5) is 6.44. The third-order valence-electron chi connectivity index (χ3n) is 5.94. The molecule has 0 aliphatic carbocycles. The van der Waals surface area contributed by atoms with Crippen molar-refractivity contribution in [1.29, 1.82) is 5.26 Å². The molecular weight excluding hydrogens is 418 g/mol. The van der Waals surface area contributed by atoms with Crippen LogP contribution in [0.1, 0.15) is 5.56 Å². The number of nitriles is 1. The standard InChI is InChI=1S/C26H23N3O2S/c1-32(30)26-10-7-19(15-20(26)17-27)22-3-2-4-24-23(22)16-25(28-24)18-5-8-21(9-6-18)29-11-13-31-14-12-29/h2-10,15-16,28H,11-14H2,1H3. The van der Waals surface area contributed by atoms with Crippen LogP contribution >= 0.6 is 0 Å². The number of aromatic nitrogens is 1. The van der Waals surface area contributed by atoms with Gasteiger partial charge in [0.05, 0.1) is 13.2 Å². The fourth-order valence-electron chi connectivity index (χ4n) is 4.27. The molecular formula is C26H23N3O2S. The molecule has 0 saturated carbocycles. The number of nitrogens with zero attached hydrogens (tertiary/aromatic N) is 2. The van der Waals surface area contributed by atoms with Crippen molar-refractivity contribution in [3.05, 3.63) is 72.3 Å². The summed E-state index contributed by atoms with van der Waals surface area (Å²) in [5, 5.41) is 10.6. The minimum absolute atomic E-state index is 0.454. The van der Waals surface area contributed by atoms with Crippen molar-refractivity contribution >= 4 is 27.8 Å². The Morgan fingerprint density at radius 2 is 1.75 bits per heavy atom. The predicted octanol–water partition coefficient (Wildman–Crippen LogP) is 4.95. The van der Waals surface area contributed by atoms with Gasteiger partial charge in [0.25, 0.3) is 0 Å². The maximum atomic E-state index is 11.9. The van der Waals surface area contributed by atoms with Crippen LogP contribution in [0, 0.1) is 11.3 Å². The van der Waals surface area contributed by atoms with Crippen LogP contribution in [0.5, 0.6) is 0 Å². The number of benzene rings is 3. The van der Waals surface area contributed by atoms with Crippen LogP contribution in [-0.4, -0.2) is 42.1 Å². The molecule has 0 radical (unpaired) electrons. The van der Waals surface area contributed by atoms with Crippen molar-refractivity contribution < 1.29 is 9.29 Å². The van der Waals surface area contributed by atoms with E-state index in [9.17, 15) is 9.81 Å². The molecule has 1 N–H and O–H groups in total. The first-order valence-electron chi connectivity index (χ1n) is 10.6. The molecule has 1 fully saturated rings. The van der Waals surface area contributed by atoms with Gasteiger partial charge in [-0.1, -0.05) is 24.3 Å². The topological polar surface area (TPSA) is 75.1 Å². The van der Waals surface area contributed by atoms with Gasteiger partial charge in [-0.05, 0) is 70.3 Å². The zero-order valence-corrected chi connectivity index (χ0v) is 18.6. The van der Waals surface area contributed by atoms with Crippen LogP contribution < -0.4 is 4.90 Å². The van der Waals surface area contributed by atoms with Gasteiger partial charge in [-0.15, -0.1) is 0 Å². The monoisotopic (exact) mass is 441 g/mol. The molecule has 1 atom stereocenters. The molecule has 3 aromatic carbocycles. The molecule has 160 valence electrons. The van der Waals surface area contributed by atoms with Crippen LogP contribution in [0.15, 0.2) is 71.6 Å². The van der Waals surface area contributed by atoms with Gasteiger partial charge < -0.3 is 19.2 Å². The lowest BCUT2D eigenvalue weighted by molar-refractivity contribution is 0.122. The molecule has 32 heavy (non-hydrogen) atoms. The van der Waals surface area contributed by atoms with Crippen molar-refractivity contribution in [2.45, 2.75) is 4.90 Å². The Balaban J connectivity index is 1.51. The number of morpholine rings is 1. The lowest BCUT2D eigenvalue weighted by Gasteiger charge is -2.28. The lowest BCUT2D eigenvalue weighted by atomic mass is 9.99. The summed E-state index contributed by atoms with van der Waals surface area (Å²) >= 11 is -1.20. The minimum atomic E-state index is -1.20. The zero-order valence-electron chi connectivity index (χ0n) is 17.8. The van der Waals surface area contributed by atoms with E-state index < -0.39 is 11.2 Å². The molecule has 0 spiro atoms. The van der Waals surface area contributed by atoms with Gasteiger partial charge in [0.15, 0.2) is 4.90 Å². The van der Waals surface area contributed by atoms with E-state index in [0.717, 1.165) is 59.6 Å². The summed E-state index contributed by atoms with van der Waals surface area (Å²) < 4.78 is 17.4. The Kier molecular flexibility index (Phi) is 5.62. The molecule has 0 bridgehead atoms. The molecule has 4 aromatic rings. The van der Waals surface area contributed by atoms with Gasteiger partial charge in [-0.3, -0.25) is 0 Å². The number of anilines is 1. The molecule has 5 rings (SSSR count). The zero-order chi connectivity index (χ0) is 22.1. The van der Waals surface area contributed by atoms with Gasteiger partial charge in [-0.25, -0.2) is 0 Å². The highest BCUT2D eigenvalue weighted by atomic mass is 32.2. The second-order valence-corrected chi connectivity index (χ2v) is 9.22. The number of ether oxygens (including phenoxy) is 1. The summed E-state index contributed by atoms with van der Waals surface area (Å²) in [6.07, 6.45) is 1.60. The van der Waals surface area contributed by atoms with Crippen molar-refractivity contribution in [1.82, 2.24) is 4.98 Å². The SMILES string of the molecule is C[S+]([O-])c1ccc(-c2cccc3[nH]c(-c4ccc(N5CCOCC5)cc4)cc23)cc1C#N. The number of fused-ring (bicyclic) bond motifs is 1. The van der Waals surface area contributed by atoms with E-state index in [1.165, 1.54) is 5.69 Å². The molecule has 1 aliphatic heterocycles. The van der Waals surface area contributed by atoms with Crippen LogP contribution in [0.3, 0.4) is 0 Å². The number of rotatable bonds is 4. The largest absolute Gasteiger partial charge is 0.612 e. The summed E-state index contributed by atoms with van der Waals surface area (Å²) in [5.41, 5.74) is 6.86. The Morgan fingerprint density at radius 1 is 1.00 bits per heavy atom. The molecule has 1 aliphatic rings. The van der Waals surface area contributed by atoms with Crippen LogP contribution in [0.25, 0.3) is 33.3 Å². The molecule has 6 heteroatoms. The average Bonchev–Trinajstić information content (AvgIpc) is 3.29. The van der Waals surface area contributed by atoms with E-state index in [-0.39, 0.29) is 0 Å². The van der Waals surface area contributed by atoms with Crippen LogP contribution in [0.2, 0.25) is 0 Å². The maximum absolute atomic E-state index is 11.9. The number of H-pyrrole nitrogens is 1. The second-order valence-electron chi connectivity index (χ2n) is 7.87. The van der Waals surface area contributed by atoms with Gasteiger partial charge >= 0.3 is 0 Å². The summed E-state index contributed by atoms with van der Waals surface area (Å²) in [6, 6.07) is 24.7. The molecule has 0 amide bonds. The van der Waals surface area contributed by atoms with Crippen molar-refractivity contribution in [2.75, 3.05) is 37.5 Å². The van der Waals surface area contributed by atoms with E-state index in [4.69, 9.17) is 4.74 Å². The Hall–Kier alpha value is -3.24. The van der Waals surface area contributed by atoms with E-state index in [0.29, 0.717) is 10.5 Å². The van der Waals surface area contributed by atoms with E-state index >= 15 is 0 Å². The fraction of sp³-hybridized carbons (Fsp3) is 0.192. The van der Waals surface area contributed by atoms with E-state index in [1.807, 2.05) is 18.2 Å². The molecule has 1 saturated heterocycles. The molecule has 1 aromatic heterocycles. The molecule has 5 nitrogen and oxygen atoms in total. The fourth-order valence-corrected chi connectivity index (χ4v) is 4.95. The highest BCUT2D eigenvalue weighted by molar-refractivity contribution is 7.90. The van der Waals surface area contributed by atoms with Gasteiger partial charge in [0.1, 0.15) is 17.9 Å². The first kappa shape index (κ1) is 20.7. The Morgan fingerprint density at radius 3 is 2.47 bits per heavy atom. The summed E-state index contributed by atoms with van der Waals surface area (Å²) in [5.74, 6) is 0. The lowest BCUT2D eigenvalue weighted by Crippen LogP contribution is -2.36. The van der Waals surface area contributed by atoms with Crippen molar-refractivity contribution in [3.63, 3.8) is 0 Å². The van der Waals surface area contributed by atoms with E-state index in [1.54, 1.807) is 12.3 Å². The predicted molar refractivity (Wildman–Crippen MR) is 129 cm³/mol. The van der Waals surface area contributed by atoms with Gasteiger partial charge in [-0.2, -0.15) is 5.26 Å². The third kappa shape index (κ3) is 3.87. The minimum Gasteiger partial charge on any atom is -0.612 e. The van der Waals surface area contributed by atoms with E-state index in [2.05, 4.69) is 58.4 Å². The van der Waals surface area contributed by atoms with Crippen molar-refractivity contribution in [2.24, 2.45) is 0 Å². The van der Waals surface area contributed by atoms with Gasteiger partial charge in [0, 0.05) is 35.4 Å². The summed E-state index contributed by atoms with van der Waals surface area (Å²) in [6.45, 7) is 3.39. The second kappa shape index (κ2) is 8.71. The van der Waals surface area contributed by atoms with Crippen molar-refractivity contribution in [3.8, 4) is 28.5 Å². The Bertz CT molecular complexity index is 1300. The Labute approximate surface area is 190 Å².